The van der Waals surface area contributed by atoms with E-state index in [1.807, 2.05) is 18.2 Å². The first-order valence-corrected chi connectivity index (χ1v) is 7.68. The van der Waals surface area contributed by atoms with Gasteiger partial charge in [-0.05, 0) is 42.2 Å². The van der Waals surface area contributed by atoms with E-state index in [2.05, 4.69) is 48.5 Å². The number of nitrogens with zero attached hydrogens (tertiary/aromatic N) is 1. The van der Waals surface area contributed by atoms with Crippen molar-refractivity contribution in [3.05, 3.63) is 53.9 Å². The van der Waals surface area contributed by atoms with E-state index in [0.29, 0.717) is 18.2 Å². The van der Waals surface area contributed by atoms with Crippen LogP contribution in [0.25, 0.3) is 0 Å². The Bertz CT molecular complexity index is 620. The normalized spacial score (nSPS) is 10.5. The van der Waals surface area contributed by atoms with E-state index in [-0.39, 0.29) is 5.91 Å². The summed E-state index contributed by atoms with van der Waals surface area (Å²) in [4.78, 5) is 16.2. The van der Waals surface area contributed by atoms with Gasteiger partial charge >= 0.3 is 0 Å². The zero-order chi connectivity index (χ0) is 15.9. The molecule has 0 fully saturated rings. The van der Waals surface area contributed by atoms with E-state index in [1.54, 1.807) is 12.3 Å². The lowest BCUT2D eigenvalue weighted by Crippen LogP contribution is -2.28. The van der Waals surface area contributed by atoms with E-state index in [4.69, 9.17) is 0 Å². The molecule has 0 aliphatic carbocycles. The highest BCUT2D eigenvalue weighted by molar-refractivity contribution is 5.93. The van der Waals surface area contributed by atoms with Crippen molar-refractivity contribution < 1.29 is 4.79 Å². The molecule has 0 bridgehead atoms. The molecular formula is C18H23N3O. The lowest BCUT2D eigenvalue weighted by molar-refractivity contribution is 0.0944. The van der Waals surface area contributed by atoms with Crippen molar-refractivity contribution in [3.8, 4) is 0 Å². The van der Waals surface area contributed by atoms with Crippen LogP contribution in [0.3, 0.4) is 0 Å². The second kappa shape index (κ2) is 7.59. The van der Waals surface area contributed by atoms with Crippen LogP contribution in [0.4, 0.5) is 11.4 Å². The minimum Gasteiger partial charge on any atom is -0.355 e. The molecule has 1 heterocycles. The van der Waals surface area contributed by atoms with E-state index in [0.717, 1.165) is 17.8 Å². The smallest absolute Gasteiger partial charge is 0.269 e. The molecule has 0 saturated heterocycles. The van der Waals surface area contributed by atoms with E-state index in [1.165, 1.54) is 5.56 Å². The van der Waals surface area contributed by atoms with Gasteiger partial charge in [0.25, 0.3) is 5.91 Å². The number of aromatic nitrogens is 1. The summed E-state index contributed by atoms with van der Waals surface area (Å²) in [6.07, 6.45) is 2.67. The average Bonchev–Trinajstić information content (AvgIpc) is 2.53. The minimum absolute atomic E-state index is 0.140. The third-order valence-corrected chi connectivity index (χ3v) is 3.31. The molecule has 0 aliphatic heterocycles. The van der Waals surface area contributed by atoms with Gasteiger partial charge in [-0.15, -0.1) is 0 Å². The first-order valence-electron chi connectivity index (χ1n) is 7.68. The number of pyridine rings is 1. The number of hydrogen-bond acceptors (Lipinski definition) is 3. The maximum absolute atomic E-state index is 12.0. The number of nitrogens with one attached hydrogen (secondary N) is 2. The molecule has 2 aromatic rings. The predicted molar refractivity (Wildman–Crippen MR) is 90.5 cm³/mol. The van der Waals surface area contributed by atoms with Crippen molar-refractivity contribution in [1.82, 2.24) is 10.3 Å². The number of carbonyl (C=O) groups excluding carboxylic acids is 1. The molecule has 0 spiro atoms. The maximum atomic E-state index is 12.0. The molecule has 0 radical (unpaired) electrons. The molecule has 2 N–H and O–H groups in total. The fourth-order valence-corrected chi connectivity index (χ4v) is 2.01. The molecule has 4 heteroatoms. The number of anilines is 2. The molecule has 1 aromatic heterocycles. The molecule has 0 unspecified atom stereocenters. The van der Waals surface area contributed by atoms with Gasteiger partial charge in [0, 0.05) is 24.1 Å². The van der Waals surface area contributed by atoms with Crippen LogP contribution in [-0.2, 0) is 6.42 Å². The quantitative estimate of drug-likeness (QED) is 0.853. The van der Waals surface area contributed by atoms with Crippen molar-refractivity contribution in [3.63, 3.8) is 0 Å². The van der Waals surface area contributed by atoms with Gasteiger partial charge in [0.2, 0.25) is 0 Å². The SMILES string of the molecule is CCc1ccc(Nc2ccnc(C(=O)NCC(C)C)c2)cc1. The highest BCUT2D eigenvalue weighted by Gasteiger charge is 2.08. The summed E-state index contributed by atoms with van der Waals surface area (Å²) < 4.78 is 0. The molecule has 1 amide bonds. The summed E-state index contributed by atoms with van der Waals surface area (Å²) in [5.41, 5.74) is 3.58. The molecule has 22 heavy (non-hydrogen) atoms. The molecule has 0 atom stereocenters. The fraction of sp³-hybridized carbons (Fsp3) is 0.333. The van der Waals surface area contributed by atoms with E-state index in [9.17, 15) is 4.79 Å². The summed E-state index contributed by atoms with van der Waals surface area (Å²) in [6, 6.07) is 11.9. The maximum Gasteiger partial charge on any atom is 0.269 e. The van der Waals surface area contributed by atoms with Crippen molar-refractivity contribution in [2.45, 2.75) is 27.2 Å². The summed E-state index contributed by atoms with van der Waals surface area (Å²) in [6.45, 7) is 6.90. The predicted octanol–water partition coefficient (Wildman–Crippen LogP) is 3.77. The Morgan fingerprint density at radius 3 is 2.50 bits per heavy atom. The third kappa shape index (κ3) is 4.58. The van der Waals surface area contributed by atoms with Crippen LogP contribution in [-0.4, -0.2) is 17.4 Å². The van der Waals surface area contributed by atoms with Crippen molar-refractivity contribution >= 4 is 17.3 Å². The molecule has 0 saturated carbocycles. The fourth-order valence-electron chi connectivity index (χ4n) is 2.01. The van der Waals surface area contributed by atoms with Gasteiger partial charge < -0.3 is 10.6 Å². The Morgan fingerprint density at radius 1 is 1.14 bits per heavy atom. The number of carbonyl (C=O) groups is 1. The van der Waals surface area contributed by atoms with Crippen LogP contribution in [0.5, 0.6) is 0 Å². The van der Waals surface area contributed by atoms with Crippen LogP contribution in [0.1, 0.15) is 36.8 Å². The number of aryl methyl sites for hydroxylation is 1. The Hall–Kier alpha value is -2.36. The Morgan fingerprint density at radius 2 is 1.86 bits per heavy atom. The first-order chi connectivity index (χ1) is 10.6. The average molecular weight is 297 g/mol. The van der Waals surface area contributed by atoms with Crippen molar-refractivity contribution in [2.24, 2.45) is 5.92 Å². The number of hydrogen-bond donors (Lipinski definition) is 2. The van der Waals surface area contributed by atoms with Crippen LogP contribution in [0.15, 0.2) is 42.6 Å². The lowest BCUT2D eigenvalue weighted by atomic mass is 10.1. The topological polar surface area (TPSA) is 54.0 Å². The highest BCUT2D eigenvalue weighted by atomic mass is 16.1. The van der Waals surface area contributed by atoms with Crippen LogP contribution in [0.2, 0.25) is 0 Å². The molecule has 116 valence electrons. The van der Waals surface area contributed by atoms with Gasteiger partial charge in [-0.1, -0.05) is 32.9 Å². The number of rotatable bonds is 6. The monoisotopic (exact) mass is 297 g/mol. The second-order valence-electron chi connectivity index (χ2n) is 5.71. The lowest BCUT2D eigenvalue weighted by Gasteiger charge is -2.10. The van der Waals surface area contributed by atoms with Crippen LogP contribution in [0, 0.1) is 5.92 Å². The molecular weight excluding hydrogens is 274 g/mol. The van der Waals surface area contributed by atoms with Gasteiger partial charge in [0.1, 0.15) is 5.69 Å². The third-order valence-electron chi connectivity index (χ3n) is 3.31. The van der Waals surface area contributed by atoms with Crippen molar-refractivity contribution in [2.75, 3.05) is 11.9 Å². The Labute approximate surface area is 132 Å². The summed E-state index contributed by atoms with van der Waals surface area (Å²) >= 11 is 0. The zero-order valence-corrected chi connectivity index (χ0v) is 13.4. The van der Waals surface area contributed by atoms with Crippen LogP contribution < -0.4 is 10.6 Å². The molecule has 0 aliphatic rings. The van der Waals surface area contributed by atoms with Gasteiger partial charge in [-0.2, -0.15) is 0 Å². The highest BCUT2D eigenvalue weighted by Crippen LogP contribution is 2.17. The second-order valence-corrected chi connectivity index (χ2v) is 5.71. The van der Waals surface area contributed by atoms with Gasteiger partial charge in [0.05, 0.1) is 0 Å². The summed E-state index contributed by atoms with van der Waals surface area (Å²) in [5.74, 6) is 0.279. The van der Waals surface area contributed by atoms with Crippen LogP contribution >= 0.6 is 0 Å². The summed E-state index contributed by atoms with van der Waals surface area (Å²) in [7, 11) is 0. The van der Waals surface area contributed by atoms with Gasteiger partial charge in [-0.25, -0.2) is 0 Å². The zero-order valence-electron chi connectivity index (χ0n) is 13.4. The van der Waals surface area contributed by atoms with E-state index < -0.39 is 0 Å². The Balaban J connectivity index is 2.05. The summed E-state index contributed by atoms with van der Waals surface area (Å²) in [5, 5.41) is 6.17. The standard InChI is InChI=1S/C18H23N3O/c1-4-14-5-7-15(8-6-14)21-16-9-10-19-17(11-16)18(22)20-12-13(2)3/h5-11,13H,4,12H2,1-3H3,(H,19,21)(H,20,22). The largest absolute Gasteiger partial charge is 0.355 e. The van der Waals surface area contributed by atoms with Gasteiger partial charge in [0.15, 0.2) is 0 Å². The van der Waals surface area contributed by atoms with Gasteiger partial charge in [-0.3, -0.25) is 9.78 Å². The van der Waals surface area contributed by atoms with Crippen molar-refractivity contribution in [1.29, 1.82) is 0 Å². The molecule has 4 nitrogen and oxygen atoms in total. The molecule has 1 aromatic carbocycles. The van der Waals surface area contributed by atoms with E-state index >= 15 is 0 Å². The molecule has 2 rings (SSSR count). The minimum atomic E-state index is -0.140. The number of benzene rings is 1. The first kappa shape index (κ1) is 16.0. The Kier molecular flexibility index (Phi) is 5.53. The number of amides is 1.